The molecule has 0 heterocycles. The first-order valence-electron chi connectivity index (χ1n) is 6.47. The number of carbonyl (C=O) groups excluding carboxylic acids is 1. The number of aryl methyl sites for hydroxylation is 1. The third kappa shape index (κ3) is 4.49. The average molecular weight is 248 g/mol. The third-order valence-electron chi connectivity index (χ3n) is 3.14. The number of nitrogens with two attached hydrogens (primary N) is 1. The van der Waals surface area contributed by atoms with Crippen LogP contribution in [0.2, 0.25) is 0 Å². The van der Waals surface area contributed by atoms with E-state index < -0.39 is 0 Å². The second kappa shape index (κ2) is 6.01. The third-order valence-corrected chi connectivity index (χ3v) is 3.14. The molecule has 0 aliphatic heterocycles. The van der Waals surface area contributed by atoms with Crippen LogP contribution in [0.25, 0.3) is 0 Å². The summed E-state index contributed by atoms with van der Waals surface area (Å²) in [5, 5.41) is 2.90. The Bertz CT molecular complexity index is 407. The van der Waals surface area contributed by atoms with Crippen LogP contribution in [0.1, 0.15) is 39.7 Å². The van der Waals surface area contributed by atoms with E-state index in [-0.39, 0.29) is 17.4 Å². The molecular weight excluding hydrogens is 224 g/mol. The van der Waals surface area contributed by atoms with E-state index in [1.54, 1.807) is 0 Å². The fourth-order valence-electron chi connectivity index (χ4n) is 1.59. The lowest BCUT2D eigenvalue weighted by Crippen LogP contribution is -2.38. The number of carbonyl (C=O) groups is 1. The van der Waals surface area contributed by atoms with Gasteiger partial charge in [0, 0.05) is 18.2 Å². The lowest BCUT2D eigenvalue weighted by atomic mass is 9.85. The van der Waals surface area contributed by atoms with Gasteiger partial charge in [0.15, 0.2) is 0 Å². The normalized spacial score (nSPS) is 13.2. The summed E-state index contributed by atoms with van der Waals surface area (Å²) in [4.78, 5) is 11.9. The molecule has 0 spiro atoms. The summed E-state index contributed by atoms with van der Waals surface area (Å²) in [5.74, 6) is -0.0225. The molecular formula is C15H24N2O. The van der Waals surface area contributed by atoms with E-state index in [9.17, 15) is 4.79 Å². The zero-order valence-corrected chi connectivity index (χ0v) is 11.8. The van der Waals surface area contributed by atoms with Crippen molar-refractivity contribution in [1.29, 1.82) is 0 Å². The Balaban J connectivity index is 2.59. The Kier molecular flexibility index (Phi) is 4.91. The van der Waals surface area contributed by atoms with Crippen molar-refractivity contribution in [2.24, 2.45) is 11.1 Å². The second-order valence-electron chi connectivity index (χ2n) is 5.78. The molecule has 0 bridgehead atoms. The molecule has 1 unspecified atom stereocenters. The van der Waals surface area contributed by atoms with Crippen molar-refractivity contribution < 1.29 is 4.79 Å². The SMILES string of the molecule is CCc1cccc(NC(=O)CC(N)C(C)(C)C)c1. The summed E-state index contributed by atoms with van der Waals surface area (Å²) >= 11 is 0. The number of nitrogens with one attached hydrogen (secondary N) is 1. The highest BCUT2D eigenvalue weighted by molar-refractivity contribution is 5.91. The Morgan fingerprint density at radius 2 is 2.06 bits per heavy atom. The molecule has 1 aromatic carbocycles. The molecule has 0 aliphatic carbocycles. The number of amides is 1. The van der Waals surface area contributed by atoms with Gasteiger partial charge in [0.2, 0.25) is 5.91 Å². The molecule has 1 rings (SSSR count). The number of hydrogen-bond donors (Lipinski definition) is 2. The van der Waals surface area contributed by atoms with Crippen LogP contribution in [0.15, 0.2) is 24.3 Å². The van der Waals surface area contributed by atoms with Crippen LogP contribution >= 0.6 is 0 Å². The zero-order valence-electron chi connectivity index (χ0n) is 11.8. The molecule has 0 saturated carbocycles. The van der Waals surface area contributed by atoms with Gasteiger partial charge < -0.3 is 11.1 Å². The molecule has 0 fully saturated rings. The molecule has 100 valence electrons. The summed E-state index contributed by atoms with van der Waals surface area (Å²) in [6, 6.07) is 7.78. The standard InChI is InChI=1S/C15H24N2O/c1-5-11-7-6-8-12(9-11)17-14(18)10-13(16)15(2,3)4/h6-9,13H,5,10,16H2,1-4H3,(H,17,18). The molecule has 3 N–H and O–H groups in total. The zero-order chi connectivity index (χ0) is 13.8. The van der Waals surface area contributed by atoms with Crippen LogP contribution in [0.5, 0.6) is 0 Å². The molecule has 0 radical (unpaired) electrons. The Labute approximate surface area is 110 Å². The smallest absolute Gasteiger partial charge is 0.225 e. The predicted octanol–water partition coefficient (Wildman–Crippen LogP) is 2.95. The molecule has 0 saturated heterocycles. The number of anilines is 1. The minimum atomic E-state index is -0.133. The maximum absolute atomic E-state index is 11.9. The lowest BCUT2D eigenvalue weighted by Gasteiger charge is -2.26. The largest absolute Gasteiger partial charge is 0.327 e. The van der Waals surface area contributed by atoms with Gasteiger partial charge >= 0.3 is 0 Å². The van der Waals surface area contributed by atoms with Gasteiger partial charge in [-0.3, -0.25) is 4.79 Å². The van der Waals surface area contributed by atoms with Gasteiger partial charge in [-0.2, -0.15) is 0 Å². The van der Waals surface area contributed by atoms with Crippen molar-refractivity contribution in [1.82, 2.24) is 0 Å². The van der Waals surface area contributed by atoms with E-state index in [1.807, 2.05) is 39.0 Å². The van der Waals surface area contributed by atoms with Crippen molar-refractivity contribution in [2.75, 3.05) is 5.32 Å². The number of benzene rings is 1. The minimum absolute atomic E-state index is 0.0225. The Morgan fingerprint density at radius 3 is 2.61 bits per heavy atom. The van der Waals surface area contributed by atoms with Crippen molar-refractivity contribution in [3.8, 4) is 0 Å². The van der Waals surface area contributed by atoms with E-state index in [2.05, 4.69) is 18.3 Å². The Morgan fingerprint density at radius 1 is 1.39 bits per heavy atom. The summed E-state index contributed by atoms with van der Waals surface area (Å²) in [7, 11) is 0. The topological polar surface area (TPSA) is 55.1 Å². The summed E-state index contributed by atoms with van der Waals surface area (Å²) in [6.45, 7) is 8.23. The van der Waals surface area contributed by atoms with Crippen molar-refractivity contribution in [2.45, 2.75) is 46.6 Å². The fraction of sp³-hybridized carbons (Fsp3) is 0.533. The molecule has 1 aromatic rings. The highest BCUT2D eigenvalue weighted by Crippen LogP contribution is 2.20. The molecule has 0 aliphatic rings. The number of hydrogen-bond acceptors (Lipinski definition) is 2. The van der Waals surface area contributed by atoms with Gasteiger partial charge in [-0.15, -0.1) is 0 Å². The lowest BCUT2D eigenvalue weighted by molar-refractivity contribution is -0.117. The second-order valence-corrected chi connectivity index (χ2v) is 5.78. The first kappa shape index (κ1) is 14.7. The summed E-state index contributed by atoms with van der Waals surface area (Å²) in [6.07, 6.45) is 1.31. The van der Waals surface area contributed by atoms with Gasteiger partial charge in [-0.25, -0.2) is 0 Å². The van der Waals surface area contributed by atoms with Gasteiger partial charge in [0.1, 0.15) is 0 Å². The van der Waals surface area contributed by atoms with E-state index in [0.29, 0.717) is 6.42 Å². The van der Waals surface area contributed by atoms with Gasteiger partial charge in [-0.1, -0.05) is 39.8 Å². The number of rotatable bonds is 4. The van der Waals surface area contributed by atoms with E-state index in [0.717, 1.165) is 12.1 Å². The molecule has 1 amide bonds. The molecule has 1 atom stereocenters. The first-order valence-corrected chi connectivity index (χ1v) is 6.47. The minimum Gasteiger partial charge on any atom is -0.327 e. The summed E-state index contributed by atoms with van der Waals surface area (Å²) < 4.78 is 0. The van der Waals surface area contributed by atoms with Gasteiger partial charge in [-0.05, 0) is 29.5 Å². The van der Waals surface area contributed by atoms with E-state index in [4.69, 9.17) is 5.73 Å². The van der Waals surface area contributed by atoms with Crippen molar-refractivity contribution in [3.63, 3.8) is 0 Å². The maximum atomic E-state index is 11.9. The quantitative estimate of drug-likeness (QED) is 0.860. The van der Waals surface area contributed by atoms with Crippen LogP contribution in [0.3, 0.4) is 0 Å². The average Bonchev–Trinajstić information content (AvgIpc) is 2.27. The van der Waals surface area contributed by atoms with E-state index >= 15 is 0 Å². The van der Waals surface area contributed by atoms with Crippen LogP contribution in [-0.2, 0) is 11.2 Å². The van der Waals surface area contributed by atoms with Crippen LogP contribution in [-0.4, -0.2) is 11.9 Å². The van der Waals surface area contributed by atoms with Crippen LogP contribution < -0.4 is 11.1 Å². The molecule has 18 heavy (non-hydrogen) atoms. The van der Waals surface area contributed by atoms with Crippen LogP contribution in [0, 0.1) is 5.41 Å². The molecule has 3 heteroatoms. The molecule has 0 aromatic heterocycles. The monoisotopic (exact) mass is 248 g/mol. The van der Waals surface area contributed by atoms with Crippen LogP contribution in [0.4, 0.5) is 5.69 Å². The molecule has 3 nitrogen and oxygen atoms in total. The Hall–Kier alpha value is -1.35. The summed E-state index contributed by atoms with van der Waals surface area (Å²) in [5.41, 5.74) is 8.01. The van der Waals surface area contributed by atoms with E-state index in [1.165, 1.54) is 5.56 Å². The van der Waals surface area contributed by atoms with Crippen molar-refractivity contribution >= 4 is 11.6 Å². The van der Waals surface area contributed by atoms with Gasteiger partial charge in [0.05, 0.1) is 0 Å². The highest BCUT2D eigenvalue weighted by atomic mass is 16.1. The van der Waals surface area contributed by atoms with Crippen molar-refractivity contribution in [3.05, 3.63) is 29.8 Å². The maximum Gasteiger partial charge on any atom is 0.225 e. The highest BCUT2D eigenvalue weighted by Gasteiger charge is 2.23. The first-order chi connectivity index (χ1) is 8.32. The predicted molar refractivity (Wildman–Crippen MR) is 76.5 cm³/mol. The van der Waals surface area contributed by atoms with Gasteiger partial charge in [0.25, 0.3) is 0 Å². The fourth-order valence-corrected chi connectivity index (χ4v) is 1.59.